The standard InChI is InChI=1S/C11H16FN3.2ClH/c12-9-11(10-1-3-13-4-2-10)15-7-5-14-6-8-15;;/h1-4,11,14H,5-9H2;2*1H/t11-;;/m0../s1. The molecule has 6 heteroatoms. The lowest BCUT2D eigenvalue weighted by molar-refractivity contribution is 0.147. The zero-order valence-corrected chi connectivity index (χ0v) is 11.1. The van der Waals surface area contributed by atoms with Gasteiger partial charge in [-0.3, -0.25) is 9.88 Å². The summed E-state index contributed by atoms with van der Waals surface area (Å²) in [6.45, 7) is 3.39. The SMILES string of the molecule is Cl.Cl.FC[C@@H](c1ccncc1)N1CCNCC1. The van der Waals surface area contributed by atoms with Gasteiger partial charge in [-0.1, -0.05) is 0 Å². The fraction of sp³-hybridized carbons (Fsp3) is 0.545. The zero-order valence-electron chi connectivity index (χ0n) is 9.51. The summed E-state index contributed by atoms with van der Waals surface area (Å²) in [5.41, 5.74) is 1.02. The highest BCUT2D eigenvalue weighted by atomic mass is 35.5. The third kappa shape index (κ3) is 4.39. The predicted molar refractivity (Wildman–Crippen MR) is 71.9 cm³/mol. The number of rotatable bonds is 3. The summed E-state index contributed by atoms with van der Waals surface area (Å²) in [6.07, 6.45) is 3.44. The molecule has 0 bridgehead atoms. The Kier molecular flexibility index (Phi) is 8.43. The molecule has 1 aliphatic rings. The molecule has 0 aromatic carbocycles. The second-order valence-electron chi connectivity index (χ2n) is 3.74. The molecule has 0 unspecified atom stereocenters. The van der Waals surface area contributed by atoms with Crippen molar-refractivity contribution in [1.82, 2.24) is 15.2 Å². The van der Waals surface area contributed by atoms with Crippen LogP contribution in [0, 0.1) is 0 Å². The molecule has 2 rings (SSSR count). The molecule has 1 saturated heterocycles. The van der Waals surface area contributed by atoms with E-state index in [1.54, 1.807) is 12.4 Å². The Bertz CT molecular complexity index is 294. The molecule has 1 aromatic rings. The number of nitrogens with zero attached hydrogens (tertiary/aromatic N) is 2. The maximum absolute atomic E-state index is 13.0. The summed E-state index contributed by atoms with van der Waals surface area (Å²) in [5, 5.41) is 3.27. The van der Waals surface area contributed by atoms with Gasteiger partial charge in [0.2, 0.25) is 0 Å². The maximum atomic E-state index is 13.0. The van der Waals surface area contributed by atoms with Gasteiger partial charge in [0.15, 0.2) is 0 Å². The summed E-state index contributed by atoms with van der Waals surface area (Å²) in [4.78, 5) is 6.14. The van der Waals surface area contributed by atoms with E-state index in [4.69, 9.17) is 0 Å². The molecule has 0 amide bonds. The highest BCUT2D eigenvalue weighted by molar-refractivity contribution is 5.85. The molecule has 17 heavy (non-hydrogen) atoms. The van der Waals surface area contributed by atoms with E-state index in [1.807, 2.05) is 12.1 Å². The zero-order chi connectivity index (χ0) is 10.5. The van der Waals surface area contributed by atoms with E-state index >= 15 is 0 Å². The van der Waals surface area contributed by atoms with Crippen LogP contribution in [0.2, 0.25) is 0 Å². The Morgan fingerprint density at radius 3 is 2.35 bits per heavy atom. The number of aromatic nitrogens is 1. The first-order chi connectivity index (χ1) is 7.42. The summed E-state index contributed by atoms with van der Waals surface area (Å²) in [5.74, 6) is 0. The monoisotopic (exact) mass is 281 g/mol. The van der Waals surface area contributed by atoms with E-state index < -0.39 is 0 Å². The Morgan fingerprint density at radius 2 is 1.82 bits per heavy atom. The second-order valence-corrected chi connectivity index (χ2v) is 3.74. The van der Waals surface area contributed by atoms with E-state index in [0.29, 0.717) is 0 Å². The van der Waals surface area contributed by atoms with Crippen LogP contribution in [-0.4, -0.2) is 42.7 Å². The van der Waals surface area contributed by atoms with Crippen molar-refractivity contribution in [2.45, 2.75) is 6.04 Å². The normalized spacial score (nSPS) is 17.7. The number of hydrogen-bond acceptors (Lipinski definition) is 3. The number of nitrogens with one attached hydrogen (secondary N) is 1. The van der Waals surface area contributed by atoms with Crippen molar-refractivity contribution in [2.75, 3.05) is 32.9 Å². The first-order valence-corrected chi connectivity index (χ1v) is 5.32. The third-order valence-corrected chi connectivity index (χ3v) is 2.83. The molecule has 1 atom stereocenters. The summed E-state index contributed by atoms with van der Waals surface area (Å²) in [7, 11) is 0. The Labute approximate surface area is 114 Å². The van der Waals surface area contributed by atoms with Gasteiger partial charge < -0.3 is 5.32 Å². The van der Waals surface area contributed by atoms with E-state index in [-0.39, 0.29) is 37.5 Å². The van der Waals surface area contributed by atoms with Crippen LogP contribution >= 0.6 is 24.8 Å². The minimum absolute atomic E-state index is 0. The van der Waals surface area contributed by atoms with Crippen molar-refractivity contribution < 1.29 is 4.39 Å². The molecule has 1 N–H and O–H groups in total. The molecule has 98 valence electrons. The lowest BCUT2D eigenvalue weighted by atomic mass is 10.1. The van der Waals surface area contributed by atoms with Gasteiger partial charge in [-0.05, 0) is 17.7 Å². The predicted octanol–water partition coefficient (Wildman–Crippen LogP) is 1.84. The fourth-order valence-electron chi connectivity index (χ4n) is 1.98. The van der Waals surface area contributed by atoms with E-state index in [2.05, 4.69) is 15.2 Å². The molecule has 1 aliphatic heterocycles. The van der Waals surface area contributed by atoms with Crippen LogP contribution in [0.5, 0.6) is 0 Å². The van der Waals surface area contributed by atoms with Crippen LogP contribution in [0.3, 0.4) is 0 Å². The quantitative estimate of drug-likeness (QED) is 0.917. The largest absolute Gasteiger partial charge is 0.314 e. The molecule has 2 heterocycles. The number of halogens is 3. The number of piperazine rings is 1. The van der Waals surface area contributed by atoms with Crippen LogP contribution in [0.4, 0.5) is 4.39 Å². The van der Waals surface area contributed by atoms with Crippen LogP contribution in [0.15, 0.2) is 24.5 Å². The van der Waals surface area contributed by atoms with Gasteiger partial charge in [0, 0.05) is 38.6 Å². The number of alkyl halides is 1. The Hall–Kier alpha value is -0.420. The average molecular weight is 282 g/mol. The van der Waals surface area contributed by atoms with Crippen molar-refractivity contribution in [3.8, 4) is 0 Å². The van der Waals surface area contributed by atoms with Gasteiger partial charge in [-0.15, -0.1) is 24.8 Å². The van der Waals surface area contributed by atoms with Crippen molar-refractivity contribution in [3.63, 3.8) is 0 Å². The molecule has 1 aromatic heterocycles. The van der Waals surface area contributed by atoms with Crippen molar-refractivity contribution in [1.29, 1.82) is 0 Å². The molecule has 3 nitrogen and oxygen atoms in total. The topological polar surface area (TPSA) is 28.2 Å². The van der Waals surface area contributed by atoms with Gasteiger partial charge in [-0.25, -0.2) is 4.39 Å². The van der Waals surface area contributed by atoms with Crippen molar-refractivity contribution >= 4 is 24.8 Å². The van der Waals surface area contributed by atoms with Gasteiger partial charge >= 0.3 is 0 Å². The van der Waals surface area contributed by atoms with Gasteiger partial charge in [0.05, 0.1) is 6.04 Å². The van der Waals surface area contributed by atoms with Gasteiger partial charge in [-0.2, -0.15) is 0 Å². The lowest BCUT2D eigenvalue weighted by Crippen LogP contribution is -2.45. The molecule has 0 spiro atoms. The molecular weight excluding hydrogens is 264 g/mol. The lowest BCUT2D eigenvalue weighted by Gasteiger charge is -2.33. The van der Waals surface area contributed by atoms with Gasteiger partial charge in [0.1, 0.15) is 6.67 Å². The number of hydrogen-bond donors (Lipinski definition) is 1. The minimum Gasteiger partial charge on any atom is -0.314 e. The summed E-state index contributed by atoms with van der Waals surface area (Å²) < 4.78 is 13.0. The fourth-order valence-corrected chi connectivity index (χ4v) is 1.98. The van der Waals surface area contributed by atoms with Crippen LogP contribution in [0.25, 0.3) is 0 Å². The molecule has 1 fully saturated rings. The summed E-state index contributed by atoms with van der Waals surface area (Å²) >= 11 is 0. The smallest absolute Gasteiger partial charge is 0.109 e. The van der Waals surface area contributed by atoms with Crippen LogP contribution < -0.4 is 5.32 Å². The van der Waals surface area contributed by atoms with Crippen molar-refractivity contribution in [2.24, 2.45) is 0 Å². The molecule has 0 aliphatic carbocycles. The van der Waals surface area contributed by atoms with Crippen LogP contribution in [-0.2, 0) is 0 Å². The van der Waals surface area contributed by atoms with Gasteiger partial charge in [0.25, 0.3) is 0 Å². The number of pyridine rings is 1. The minimum atomic E-state index is -0.329. The van der Waals surface area contributed by atoms with E-state index in [9.17, 15) is 4.39 Å². The third-order valence-electron chi connectivity index (χ3n) is 2.83. The second kappa shape index (κ2) is 8.64. The molecule has 0 radical (unpaired) electrons. The highest BCUT2D eigenvalue weighted by Crippen LogP contribution is 2.20. The Morgan fingerprint density at radius 1 is 1.24 bits per heavy atom. The average Bonchev–Trinajstić information content (AvgIpc) is 2.33. The first-order valence-electron chi connectivity index (χ1n) is 5.32. The van der Waals surface area contributed by atoms with E-state index in [1.165, 1.54) is 0 Å². The van der Waals surface area contributed by atoms with Crippen molar-refractivity contribution in [3.05, 3.63) is 30.1 Å². The Balaban J connectivity index is 0.00000128. The highest BCUT2D eigenvalue weighted by Gasteiger charge is 2.21. The summed E-state index contributed by atoms with van der Waals surface area (Å²) in [6, 6.07) is 3.69. The molecular formula is C11H18Cl2FN3. The first kappa shape index (κ1) is 16.6. The van der Waals surface area contributed by atoms with Crippen LogP contribution in [0.1, 0.15) is 11.6 Å². The molecule has 0 saturated carbocycles. The maximum Gasteiger partial charge on any atom is 0.109 e. The van der Waals surface area contributed by atoms with E-state index in [0.717, 1.165) is 31.7 Å².